The Morgan fingerprint density at radius 3 is 2.64 bits per heavy atom. The SMILES string of the molecule is O=c1[nH]nccc1Cc1ccccc1. The zero-order chi connectivity index (χ0) is 9.80. The van der Waals surface area contributed by atoms with Crippen molar-refractivity contribution in [1.29, 1.82) is 0 Å². The molecule has 0 saturated heterocycles. The third-order valence-electron chi connectivity index (χ3n) is 2.05. The highest BCUT2D eigenvalue weighted by molar-refractivity contribution is 5.22. The van der Waals surface area contributed by atoms with Crippen molar-refractivity contribution in [2.45, 2.75) is 6.42 Å². The van der Waals surface area contributed by atoms with Crippen molar-refractivity contribution in [3.05, 3.63) is 64.1 Å². The van der Waals surface area contributed by atoms with Crippen molar-refractivity contribution < 1.29 is 0 Å². The molecule has 0 aliphatic carbocycles. The molecule has 3 heteroatoms. The molecule has 14 heavy (non-hydrogen) atoms. The van der Waals surface area contributed by atoms with Crippen LogP contribution in [0.25, 0.3) is 0 Å². The molecule has 0 spiro atoms. The van der Waals surface area contributed by atoms with E-state index in [1.54, 1.807) is 12.3 Å². The second-order valence-corrected chi connectivity index (χ2v) is 3.07. The molecule has 0 bridgehead atoms. The Balaban J connectivity index is 2.28. The molecule has 0 atom stereocenters. The summed E-state index contributed by atoms with van der Waals surface area (Å²) in [6.07, 6.45) is 2.25. The standard InChI is InChI=1S/C11H10N2O/c14-11-10(6-7-12-13-11)8-9-4-2-1-3-5-9/h1-7H,8H2,(H,13,14). The summed E-state index contributed by atoms with van der Waals surface area (Å²) in [6.45, 7) is 0. The van der Waals surface area contributed by atoms with Gasteiger partial charge >= 0.3 is 0 Å². The molecule has 0 saturated carbocycles. The average Bonchev–Trinajstić information content (AvgIpc) is 2.23. The molecule has 0 unspecified atom stereocenters. The van der Waals surface area contributed by atoms with Gasteiger partial charge in [-0.15, -0.1) is 0 Å². The highest BCUT2D eigenvalue weighted by Gasteiger charge is 1.99. The number of hydrogen-bond acceptors (Lipinski definition) is 2. The number of aromatic amines is 1. The van der Waals surface area contributed by atoms with E-state index in [0.717, 1.165) is 11.1 Å². The van der Waals surface area contributed by atoms with Crippen molar-refractivity contribution in [2.75, 3.05) is 0 Å². The van der Waals surface area contributed by atoms with Crippen LogP contribution in [0.15, 0.2) is 47.4 Å². The molecule has 3 nitrogen and oxygen atoms in total. The predicted octanol–water partition coefficient (Wildman–Crippen LogP) is 1.36. The van der Waals surface area contributed by atoms with Gasteiger partial charge in [0, 0.05) is 18.2 Å². The molecule has 2 aromatic rings. The number of aromatic nitrogens is 2. The zero-order valence-corrected chi connectivity index (χ0v) is 7.60. The quantitative estimate of drug-likeness (QED) is 0.769. The van der Waals surface area contributed by atoms with Gasteiger partial charge < -0.3 is 0 Å². The first kappa shape index (κ1) is 8.69. The van der Waals surface area contributed by atoms with E-state index in [9.17, 15) is 4.79 Å². The fourth-order valence-electron chi connectivity index (χ4n) is 1.33. The zero-order valence-electron chi connectivity index (χ0n) is 7.60. The Bertz CT molecular complexity index is 462. The van der Waals surface area contributed by atoms with E-state index in [2.05, 4.69) is 10.2 Å². The van der Waals surface area contributed by atoms with Gasteiger partial charge in [-0.3, -0.25) is 4.79 Å². The summed E-state index contributed by atoms with van der Waals surface area (Å²) < 4.78 is 0. The largest absolute Gasteiger partial charge is 0.268 e. The van der Waals surface area contributed by atoms with Crippen molar-refractivity contribution >= 4 is 0 Å². The van der Waals surface area contributed by atoms with E-state index in [-0.39, 0.29) is 5.56 Å². The fraction of sp³-hybridized carbons (Fsp3) is 0.0909. The minimum atomic E-state index is -0.114. The lowest BCUT2D eigenvalue weighted by molar-refractivity contribution is 0.948. The Hall–Kier alpha value is -1.90. The second kappa shape index (κ2) is 3.87. The molecule has 0 aliphatic heterocycles. The van der Waals surface area contributed by atoms with Crippen LogP contribution in [-0.2, 0) is 6.42 Å². The van der Waals surface area contributed by atoms with Crippen molar-refractivity contribution in [3.8, 4) is 0 Å². The smallest absolute Gasteiger partial charge is 0.267 e. The first-order valence-corrected chi connectivity index (χ1v) is 4.43. The van der Waals surface area contributed by atoms with Crippen LogP contribution >= 0.6 is 0 Å². The number of hydrogen-bond donors (Lipinski definition) is 1. The molecule has 70 valence electrons. The van der Waals surface area contributed by atoms with E-state index in [1.807, 2.05) is 30.3 Å². The van der Waals surface area contributed by atoms with Crippen LogP contribution in [0.3, 0.4) is 0 Å². The lowest BCUT2D eigenvalue weighted by atomic mass is 10.1. The summed E-state index contributed by atoms with van der Waals surface area (Å²) in [5.41, 5.74) is 1.76. The molecule has 0 fully saturated rings. The highest BCUT2D eigenvalue weighted by Crippen LogP contribution is 2.03. The molecular formula is C11H10N2O. The normalized spacial score (nSPS) is 10.0. The van der Waals surface area contributed by atoms with Gasteiger partial charge in [-0.25, -0.2) is 5.10 Å². The fourth-order valence-corrected chi connectivity index (χ4v) is 1.33. The molecular weight excluding hydrogens is 176 g/mol. The Morgan fingerprint density at radius 1 is 1.14 bits per heavy atom. The summed E-state index contributed by atoms with van der Waals surface area (Å²) in [5.74, 6) is 0. The summed E-state index contributed by atoms with van der Waals surface area (Å²) in [6, 6.07) is 11.6. The average molecular weight is 186 g/mol. The molecule has 0 aliphatic rings. The van der Waals surface area contributed by atoms with Crippen LogP contribution in [0, 0.1) is 0 Å². The predicted molar refractivity (Wildman–Crippen MR) is 54.1 cm³/mol. The van der Waals surface area contributed by atoms with Crippen molar-refractivity contribution in [3.63, 3.8) is 0 Å². The monoisotopic (exact) mass is 186 g/mol. The van der Waals surface area contributed by atoms with Crippen LogP contribution < -0.4 is 5.56 Å². The van der Waals surface area contributed by atoms with E-state index in [0.29, 0.717) is 6.42 Å². The number of benzene rings is 1. The first-order valence-electron chi connectivity index (χ1n) is 4.43. The van der Waals surface area contributed by atoms with Crippen LogP contribution in [0.1, 0.15) is 11.1 Å². The van der Waals surface area contributed by atoms with Gasteiger partial charge in [-0.2, -0.15) is 5.10 Å². The third kappa shape index (κ3) is 1.88. The van der Waals surface area contributed by atoms with Crippen LogP contribution in [0.4, 0.5) is 0 Å². The molecule has 1 aromatic heterocycles. The molecule has 0 radical (unpaired) electrons. The van der Waals surface area contributed by atoms with E-state index in [1.165, 1.54) is 0 Å². The number of rotatable bonds is 2. The summed E-state index contributed by atoms with van der Waals surface area (Å²) in [7, 11) is 0. The van der Waals surface area contributed by atoms with Gasteiger partial charge in [0.15, 0.2) is 0 Å². The number of nitrogens with zero attached hydrogens (tertiary/aromatic N) is 1. The van der Waals surface area contributed by atoms with Gasteiger partial charge in [0.05, 0.1) is 0 Å². The molecule has 2 rings (SSSR count). The van der Waals surface area contributed by atoms with Crippen molar-refractivity contribution in [2.24, 2.45) is 0 Å². The van der Waals surface area contributed by atoms with Crippen LogP contribution in [-0.4, -0.2) is 10.2 Å². The lowest BCUT2D eigenvalue weighted by Crippen LogP contribution is -2.13. The maximum Gasteiger partial charge on any atom is 0.267 e. The van der Waals surface area contributed by atoms with Gasteiger partial charge in [0.25, 0.3) is 5.56 Å². The minimum Gasteiger partial charge on any atom is -0.268 e. The van der Waals surface area contributed by atoms with E-state index >= 15 is 0 Å². The Labute approximate surface area is 81.4 Å². The molecule has 1 aromatic carbocycles. The Morgan fingerprint density at radius 2 is 1.93 bits per heavy atom. The van der Waals surface area contributed by atoms with Crippen LogP contribution in [0.5, 0.6) is 0 Å². The van der Waals surface area contributed by atoms with Gasteiger partial charge in [-0.1, -0.05) is 30.3 Å². The second-order valence-electron chi connectivity index (χ2n) is 3.07. The summed E-state index contributed by atoms with van der Waals surface area (Å²) >= 11 is 0. The lowest BCUT2D eigenvalue weighted by Gasteiger charge is -1.98. The molecule has 0 amide bonds. The van der Waals surface area contributed by atoms with Gasteiger partial charge in [-0.05, 0) is 11.6 Å². The molecule has 1 N–H and O–H groups in total. The molecule has 1 heterocycles. The minimum absolute atomic E-state index is 0.114. The first-order chi connectivity index (χ1) is 6.86. The van der Waals surface area contributed by atoms with Gasteiger partial charge in [0.2, 0.25) is 0 Å². The number of H-pyrrole nitrogens is 1. The van der Waals surface area contributed by atoms with E-state index in [4.69, 9.17) is 0 Å². The number of nitrogens with one attached hydrogen (secondary N) is 1. The third-order valence-corrected chi connectivity index (χ3v) is 2.05. The topological polar surface area (TPSA) is 45.8 Å². The van der Waals surface area contributed by atoms with Crippen LogP contribution in [0.2, 0.25) is 0 Å². The maximum atomic E-state index is 11.3. The maximum absolute atomic E-state index is 11.3. The summed E-state index contributed by atoms with van der Waals surface area (Å²) in [4.78, 5) is 11.3. The summed E-state index contributed by atoms with van der Waals surface area (Å²) in [5, 5.41) is 6.06. The van der Waals surface area contributed by atoms with E-state index < -0.39 is 0 Å². The van der Waals surface area contributed by atoms with Gasteiger partial charge in [0.1, 0.15) is 0 Å². The Kier molecular flexibility index (Phi) is 2.40. The van der Waals surface area contributed by atoms with Crippen molar-refractivity contribution in [1.82, 2.24) is 10.2 Å². The highest BCUT2D eigenvalue weighted by atomic mass is 16.1.